The number of hydrogen-bond donors (Lipinski definition) is 2. The molecule has 106 valence electrons. The quantitative estimate of drug-likeness (QED) is 0.848. The van der Waals surface area contributed by atoms with Crippen LogP contribution in [0.2, 0.25) is 0 Å². The second-order valence-corrected chi connectivity index (χ2v) is 4.92. The van der Waals surface area contributed by atoms with Gasteiger partial charge < -0.3 is 15.5 Å². The molecule has 1 unspecified atom stereocenters. The van der Waals surface area contributed by atoms with Gasteiger partial charge in [0.25, 0.3) is 0 Å². The van der Waals surface area contributed by atoms with Crippen LogP contribution in [0.1, 0.15) is 30.7 Å². The predicted octanol–water partition coefficient (Wildman–Crippen LogP) is 2.42. The number of nitrogens with one attached hydrogen (secondary N) is 1. The number of amides is 1. The van der Waals surface area contributed by atoms with Crippen molar-refractivity contribution in [3.8, 4) is 0 Å². The minimum atomic E-state index is -0.623. The fourth-order valence-corrected chi connectivity index (χ4v) is 2.03. The van der Waals surface area contributed by atoms with E-state index in [4.69, 9.17) is 10.2 Å². The Labute approximate surface area is 119 Å². The SMILES string of the molecule is CC(CCc1ccco1)NC(=O)[C@@H](N)c1ccccc1. The molecule has 0 radical (unpaired) electrons. The van der Waals surface area contributed by atoms with Crippen molar-refractivity contribution in [2.75, 3.05) is 0 Å². The summed E-state index contributed by atoms with van der Waals surface area (Å²) in [4.78, 5) is 12.1. The first-order chi connectivity index (χ1) is 9.66. The molecule has 0 bridgehead atoms. The van der Waals surface area contributed by atoms with Crippen molar-refractivity contribution in [1.82, 2.24) is 5.32 Å². The standard InChI is InChI=1S/C16H20N2O2/c1-12(9-10-14-8-5-11-20-14)18-16(19)15(17)13-6-3-2-4-7-13/h2-8,11-12,15H,9-10,17H2,1H3,(H,18,19)/t12?,15-/m0/s1. The van der Waals surface area contributed by atoms with Crippen LogP contribution in [0.15, 0.2) is 53.1 Å². The smallest absolute Gasteiger partial charge is 0.241 e. The van der Waals surface area contributed by atoms with Crippen molar-refractivity contribution in [3.05, 3.63) is 60.1 Å². The lowest BCUT2D eigenvalue weighted by Crippen LogP contribution is -2.39. The largest absolute Gasteiger partial charge is 0.469 e. The molecule has 4 heteroatoms. The number of hydrogen-bond acceptors (Lipinski definition) is 3. The molecule has 4 nitrogen and oxygen atoms in total. The van der Waals surface area contributed by atoms with Crippen molar-refractivity contribution in [2.45, 2.75) is 31.8 Å². The van der Waals surface area contributed by atoms with Crippen LogP contribution in [-0.4, -0.2) is 11.9 Å². The van der Waals surface area contributed by atoms with Gasteiger partial charge >= 0.3 is 0 Å². The maximum atomic E-state index is 12.1. The molecule has 1 aromatic heterocycles. The van der Waals surface area contributed by atoms with Gasteiger partial charge in [-0.1, -0.05) is 30.3 Å². The Morgan fingerprint density at radius 2 is 2.00 bits per heavy atom. The highest BCUT2D eigenvalue weighted by Gasteiger charge is 2.17. The molecule has 2 atom stereocenters. The number of carbonyl (C=O) groups is 1. The van der Waals surface area contributed by atoms with Crippen LogP contribution in [0.25, 0.3) is 0 Å². The Kier molecular flexibility index (Phi) is 4.96. The van der Waals surface area contributed by atoms with Crippen molar-refractivity contribution in [3.63, 3.8) is 0 Å². The minimum absolute atomic E-state index is 0.0577. The van der Waals surface area contributed by atoms with Crippen LogP contribution >= 0.6 is 0 Å². The van der Waals surface area contributed by atoms with Gasteiger partial charge in [-0.15, -0.1) is 0 Å². The molecular weight excluding hydrogens is 252 g/mol. The molecule has 0 aliphatic heterocycles. The van der Waals surface area contributed by atoms with Gasteiger partial charge in [-0.3, -0.25) is 4.79 Å². The lowest BCUT2D eigenvalue weighted by atomic mass is 10.1. The first kappa shape index (κ1) is 14.3. The minimum Gasteiger partial charge on any atom is -0.469 e. The van der Waals surface area contributed by atoms with Gasteiger partial charge in [0.2, 0.25) is 5.91 Å². The first-order valence-electron chi connectivity index (χ1n) is 6.80. The van der Waals surface area contributed by atoms with Crippen LogP contribution in [0.4, 0.5) is 0 Å². The molecule has 1 amide bonds. The third kappa shape index (κ3) is 3.96. The van der Waals surface area contributed by atoms with Crippen LogP contribution in [-0.2, 0) is 11.2 Å². The van der Waals surface area contributed by atoms with Gasteiger partial charge in [0.1, 0.15) is 11.8 Å². The summed E-state index contributed by atoms with van der Waals surface area (Å²) >= 11 is 0. The number of nitrogens with two attached hydrogens (primary N) is 1. The molecule has 0 saturated carbocycles. The fourth-order valence-electron chi connectivity index (χ4n) is 2.03. The Balaban J connectivity index is 1.81. The van der Waals surface area contributed by atoms with Crippen LogP contribution < -0.4 is 11.1 Å². The molecule has 3 N–H and O–H groups in total. The predicted molar refractivity (Wildman–Crippen MR) is 78.0 cm³/mol. The average molecular weight is 272 g/mol. The van der Waals surface area contributed by atoms with Crippen LogP contribution in [0.3, 0.4) is 0 Å². The molecule has 0 saturated heterocycles. The normalized spacial score (nSPS) is 13.7. The van der Waals surface area contributed by atoms with E-state index in [-0.39, 0.29) is 11.9 Å². The van der Waals surface area contributed by atoms with Crippen molar-refractivity contribution >= 4 is 5.91 Å². The maximum absolute atomic E-state index is 12.1. The first-order valence-corrected chi connectivity index (χ1v) is 6.80. The second kappa shape index (κ2) is 6.91. The van der Waals surface area contributed by atoms with Gasteiger partial charge in [-0.2, -0.15) is 0 Å². The molecule has 1 aromatic carbocycles. The molecule has 2 aromatic rings. The maximum Gasteiger partial charge on any atom is 0.241 e. The monoisotopic (exact) mass is 272 g/mol. The molecule has 0 aliphatic rings. The number of rotatable bonds is 6. The van der Waals surface area contributed by atoms with Crippen molar-refractivity contribution in [1.29, 1.82) is 0 Å². The molecule has 0 fully saturated rings. The highest BCUT2D eigenvalue weighted by molar-refractivity contribution is 5.83. The summed E-state index contributed by atoms with van der Waals surface area (Å²) in [5.41, 5.74) is 6.77. The molecular formula is C16H20N2O2. The van der Waals surface area contributed by atoms with Gasteiger partial charge in [0, 0.05) is 12.5 Å². The van der Waals surface area contributed by atoms with E-state index in [1.54, 1.807) is 6.26 Å². The summed E-state index contributed by atoms with van der Waals surface area (Å²) in [5, 5.41) is 2.93. The van der Waals surface area contributed by atoms with Crippen LogP contribution in [0, 0.1) is 0 Å². The van der Waals surface area contributed by atoms with Gasteiger partial charge in [0.05, 0.1) is 6.26 Å². The van der Waals surface area contributed by atoms with Crippen molar-refractivity contribution in [2.24, 2.45) is 5.73 Å². The van der Waals surface area contributed by atoms with E-state index in [1.807, 2.05) is 49.4 Å². The number of benzene rings is 1. The summed E-state index contributed by atoms with van der Waals surface area (Å²) in [6.07, 6.45) is 3.28. The Morgan fingerprint density at radius 1 is 1.25 bits per heavy atom. The number of aryl methyl sites for hydroxylation is 1. The Morgan fingerprint density at radius 3 is 2.65 bits per heavy atom. The zero-order chi connectivity index (χ0) is 14.4. The van der Waals surface area contributed by atoms with Gasteiger partial charge in [0.15, 0.2) is 0 Å². The summed E-state index contributed by atoms with van der Waals surface area (Å²) < 4.78 is 5.27. The highest BCUT2D eigenvalue weighted by atomic mass is 16.3. The van der Waals surface area contributed by atoms with Gasteiger partial charge in [-0.25, -0.2) is 0 Å². The average Bonchev–Trinajstić information content (AvgIpc) is 2.98. The fraction of sp³-hybridized carbons (Fsp3) is 0.312. The summed E-state index contributed by atoms with van der Waals surface area (Å²) in [7, 11) is 0. The van der Waals surface area contributed by atoms with E-state index in [1.165, 1.54) is 0 Å². The van der Waals surface area contributed by atoms with Crippen LogP contribution in [0.5, 0.6) is 0 Å². The third-order valence-corrected chi connectivity index (χ3v) is 3.23. The topological polar surface area (TPSA) is 68.3 Å². The molecule has 20 heavy (non-hydrogen) atoms. The van der Waals surface area contributed by atoms with E-state index < -0.39 is 6.04 Å². The van der Waals surface area contributed by atoms with Crippen molar-refractivity contribution < 1.29 is 9.21 Å². The highest BCUT2D eigenvalue weighted by Crippen LogP contribution is 2.11. The molecule has 0 spiro atoms. The molecule has 1 heterocycles. The second-order valence-electron chi connectivity index (χ2n) is 4.92. The summed E-state index contributed by atoms with van der Waals surface area (Å²) in [6.45, 7) is 1.97. The van der Waals surface area contributed by atoms with E-state index in [9.17, 15) is 4.79 Å². The summed E-state index contributed by atoms with van der Waals surface area (Å²) in [6, 6.07) is 12.6. The lowest BCUT2D eigenvalue weighted by molar-refractivity contribution is -0.123. The van der Waals surface area contributed by atoms with E-state index >= 15 is 0 Å². The Bertz CT molecular complexity index is 523. The van der Waals surface area contributed by atoms with Gasteiger partial charge in [-0.05, 0) is 31.0 Å². The molecule has 0 aliphatic carbocycles. The molecule has 2 rings (SSSR count). The zero-order valence-corrected chi connectivity index (χ0v) is 11.6. The summed E-state index contributed by atoms with van der Waals surface area (Å²) in [5.74, 6) is 0.779. The van der Waals surface area contributed by atoms with E-state index in [2.05, 4.69) is 5.32 Å². The van der Waals surface area contributed by atoms with E-state index in [0.29, 0.717) is 0 Å². The number of carbonyl (C=O) groups excluding carboxylic acids is 1. The zero-order valence-electron chi connectivity index (χ0n) is 11.6. The van der Waals surface area contributed by atoms with E-state index in [0.717, 1.165) is 24.2 Å². The number of furan rings is 1. The third-order valence-electron chi connectivity index (χ3n) is 3.23. The lowest BCUT2D eigenvalue weighted by Gasteiger charge is -2.17. The Hall–Kier alpha value is -2.07.